The predicted octanol–water partition coefficient (Wildman–Crippen LogP) is 0.785. The molecule has 0 fully saturated rings. The zero-order valence-electron chi connectivity index (χ0n) is 10.2. The number of hydrogen-bond donors (Lipinski definition) is 2. The van der Waals surface area contributed by atoms with Gasteiger partial charge in [0.2, 0.25) is 5.91 Å². The third kappa shape index (κ3) is 2.87. The quantitative estimate of drug-likeness (QED) is 0.747. The lowest BCUT2D eigenvalue weighted by Crippen LogP contribution is -2.10. The van der Waals surface area contributed by atoms with E-state index in [-0.39, 0.29) is 11.5 Å². The number of aryl methyl sites for hydroxylation is 1. The average Bonchev–Trinajstić information content (AvgIpc) is 2.77. The van der Waals surface area contributed by atoms with Gasteiger partial charge in [0.05, 0.1) is 11.1 Å². The van der Waals surface area contributed by atoms with E-state index in [0.29, 0.717) is 30.4 Å². The summed E-state index contributed by atoms with van der Waals surface area (Å²) in [7, 11) is 0. The van der Waals surface area contributed by atoms with Crippen LogP contribution in [0.2, 0.25) is 0 Å². The van der Waals surface area contributed by atoms with E-state index in [1.807, 2.05) is 0 Å². The number of carbonyl (C=O) groups excluding carboxylic acids is 1. The first-order valence-corrected chi connectivity index (χ1v) is 5.93. The summed E-state index contributed by atoms with van der Waals surface area (Å²) in [6.45, 7) is 0.576. The molecule has 3 N–H and O–H groups in total. The van der Waals surface area contributed by atoms with E-state index in [4.69, 9.17) is 10.8 Å². The Hall–Kier alpha value is -2.44. The molecule has 1 aromatic carbocycles. The summed E-state index contributed by atoms with van der Waals surface area (Å²) >= 11 is 0. The Morgan fingerprint density at radius 2 is 2.11 bits per heavy atom. The van der Waals surface area contributed by atoms with Crippen LogP contribution >= 0.6 is 0 Å². The molecular weight excluding hydrogens is 248 g/mol. The number of carbonyl (C=O) groups is 2. The molecule has 7 nitrogen and oxygen atoms in total. The van der Waals surface area contributed by atoms with E-state index >= 15 is 0 Å². The summed E-state index contributed by atoms with van der Waals surface area (Å²) in [5, 5.41) is 16.9. The van der Waals surface area contributed by atoms with Gasteiger partial charge in [-0.15, -0.1) is 5.10 Å². The monoisotopic (exact) mass is 262 g/mol. The molecule has 0 saturated carbocycles. The molecule has 1 heterocycles. The minimum atomic E-state index is -1.02. The third-order valence-electron chi connectivity index (χ3n) is 2.82. The van der Waals surface area contributed by atoms with Gasteiger partial charge in [-0.25, -0.2) is 9.48 Å². The Morgan fingerprint density at radius 1 is 1.32 bits per heavy atom. The fraction of sp³-hybridized carbons (Fsp3) is 0.333. The number of carboxylic acids is 1. The first kappa shape index (κ1) is 13.0. The highest BCUT2D eigenvalue weighted by molar-refractivity contribution is 6.00. The van der Waals surface area contributed by atoms with Gasteiger partial charge in [0.15, 0.2) is 0 Å². The van der Waals surface area contributed by atoms with Crippen molar-refractivity contribution in [1.82, 2.24) is 15.0 Å². The van der Waals surface area contributed by atoms with E-state index in [9.17, 15) is 9.59 Å². The smallest absolute Gasteiger partial charge is 0.338 e. The number of unbranched alkanes of at least 4 members (excludes halogenated alkanes) is 1. The van der Waals surface area contributed by atoms with E-state index in [1.54, 1.807) is 16.8 Å². The van der Waals surface area contributed by atoms with Crippen molar-refractivity contribution in [2.75, 3.05) is 0 Å². The second-order valence-electron chi connectivity index (χ2n) is 4.21. The van der Waals surface area contributed by atoms with Crippen LogP contribution in [0.3, 0.4) is 0 Å². The van der Waals surface area contributed by atoms with E-state index in [1.165, 1.54) is 6.07 Å². The van der Waals surface area contributed by atoms with Crippen LogP contribution in [-0.2, 0) is 11.3 Å². The van der Waals surface area contributed by atoms with E-state index in [2.05, 4.69) is 10.3 Å². The highest BCUT2D eigenvalue weighted by Gasteiger charge is 2.13. The maximum atomic E-state index is 11.0. The lowest BCUT2D eigenvalue weighted by Gasteiger charge is -2.02. The minimum Gasteiger partial charge on any atom is -0.478 e. The molecule has 2 aromatic rings. The number of fused-ring (bicyclic) bond motifs is 1. The van der Waals surface area contributed by atoms with Crippen LogP contribution in [0.15, 0.2) is 18.2 Å². The summed E-state index contributed by atoms with van der Waals surface area (Å²) in [4.78, 5) is 21.6. The van der Waals surface area contributed by atoms with Gasteiger partial charge in [-0.2, -0.15) is 0 Å². The first-order chi connectivity index (χ1) is 9.09. The number of hydrogen-bond acceptors (Lipinski definition) is 4. The van der Waals surface area contributed by atoms with E-state index in [0.717, 1.165) is 6.42 Å². The zero-order chi connectivity index (χ0) is 13.8. The van der Waals surface area contributed by atoms with Crippen LogP contribution in [0.5, 0.6) is 0 Å². The van der Waals surface area contributed by atoms with Gasteiger partial charge in [0.25, 0.3) is 0 Å². The van der Waals surface area contributed by atoms with Crippen LogP contribution in [-0.4, -0.2) is 32.0 Å². The van der Waals surface area contributed by atoms with Crippen molar-refractivity contribution in [3.8, 4) is 0 Å². The fourth-order valence-corrected chi connectivity index (χ4v) is 1.89. The summed E-state index contributed by atoms with van der Waals surface area (Å²) < 4.78 is 1.64. The molecule has 0 aliphatic rings. The molecular formula is C12H14N4O3. The highest BCUT2D eigenvalue weighted by Crippen LogP contribution is 2.16. The number of carboxylic acid groups (broad SMARTS) is 1. The maximum absolute atomic E-state index is 11.0. The van der Waals surface area contributed by atoms with Crippen LogP contribution in [0.25, 0.3) is 11.0 Å². The minimum absolute atomic E-state index is 0.140. The van der Waals surface area contributed by atoms with Gasteiger partial charge < -0.3 is 10.8 Å². The fourth-order valence-electron chi connectivity index (χ4n) is 1.89. The number of nitrogens with two attached hydrogens (primary N) is 1. The molecule has 0 radical (unpaired) electrons. The standard InChI is InChI=1S/C12H14N4O3/c13-10(17)6-1-2-7-16-9-5-3-4-8(12(18)19)11(9)14-15-16/h3-5H,1-2,6-7H2,(H2,13,17)(H,18,19). The number of amides is 1. The van der Waals surface area contributed by atoms with Crippen LogP contribution in [0.4, 0.5) is 0 Å². The molecule has 100 valence electrons. The van der Waals surface area contributed by atoms with Crippen LogP contribution in [0, 0.1) is 0 Å². The zero-order valence-corrected chi connectivity index (χ0v) is 10.2. The highest BCUT2D eigenvalue weighted by atomic mass is 16.4. The molecule has 0 aliphatic heterocycles. The Kier molecular flexibility index (Phi) is 3.74. The molecule has 2 rings (SSSR count). The lowest BCUT2D eigenvalue weighted by atomic mass is 10.2. The summed E-state index contributed by atoms with van der Waals surface area (Å²) in [6.07, 6.45) is 1.75. The molecule has 0 unspecified atom stereocenters. The SMILES string of the molecule is NC(=O)CCCCn1nnc2c(C(=O)O)cccc21. The predicted molar refractivity (Wildman–Crippen MR) is 67.5 cm³/mol. The average molecular weight is 262 g/mol. The summed E-state index contributed by atoms with van der Waals surface area (Å²) in [5.74, 6) is -1.34. The van der Waals surface area contributed by atoms with Crippen molar-refractivity contribution in [2.45, 2.75) is 25.8 Å². The van der Waals surface area contributed by atoms with Gasteiger partial charge in [-0.05, 0) is 25.0 Å². The number of primary amides is 1. The third-order valence-corrected chi connectivity index (χ3v) is 2.82. The summed E-state index contributed by atoms with van der Waals surface area (Å²) in [6, 6.07) is 4.93. The van der Waals surface area contributed by atoms with Gasteiger partial charge in [0.1, 0.15) is 5.52 Å². The van der Waals surface area contributed by atoms with Crippen LogP contribution < -0.4 is 5.73 Å². The normalized spacial score (nSPS) is 10.7. The van der Waals surface area contributed by atoms with Gasteiger partial charge >= 0.3 is 5.97 Å². The Morgan fingerprint density at radius 3 is 2.79 bits per heavy atom. The second-order valence-corrected chi connectivity index (χ2v) is 4.21. The molecule has 0 bridgehead atoms. The van der Waals surface area contributed by atoms with Crippen molar-refractivity contribution in [1.29, 1.82) is 0 Å². The van der Waals surface area contributed by atoms with E-state index < -0.39 is 5.97 Å². The molecule has 0 aliphatic carbocycles. The molecule has 1 amide bonds. The van der Waals surface area contributed by atoms with Gasteiger partial charge in [-0.1, -0.05) is 11.3 Å². The van der Waals surface area contributed by atoms with Crippen molar-refractivity contribution in [3.05, 3.63) is 23.8 Å². The molecule has 0 spiro atoms. The summed E-state index contributed by atoms with van der Waals surface area (Å²) in [5.41, 5.74) is 6.26. The topological polar surface area (TPSA) is 111 Å². The lowest BCUT2D eigenvalue weighted by molar-refractivity contribution is -0.118. The van der Waals surface area contributed by atoms with Crippen molar-refractivity contribution >= 4 is 22.9 Å². The molecule has 19 heavy (non-hydrogen) atoms. The maximum Gasteiger partial charge on any atom is 0.338 e. The number of aromatic nitrogens is 3. The van der Waals surface area contributed by atoms with Crippen LogP contribution in [0.1, 0.15) is 29.6 Å². The van der Waals surface area contributed by atoms with Crippen molar-refractivity contribution < 1.29 is 14.7 Å². The molecule has 7 heteroatoms. The van der Waals surface area contributed by atoms with Crippen molar-refractivity contribution in [2.24, 2.45) is 5.73 Å². The van der Waals surface area contributed by atoms with Crippen molar-refractivity contribution in [3.63, 3.8) is 0 Å². The number of benzene rings is 1. The Labute approximate surface area is 109 Å². The number of aromatic carboxylic acids is 1. The Balaban J connectivity index is 2.14. The number of rotatable bonds is 6. The Bertz CT molecular complexity index is 620. The molecule has 0 saturated heterocycles. The largest absolute Gasteiger partial charge is 0.478 e. The number of nitrogens with zero attached hydrogens (tertiary/aromatic N) is 3. The molecule has 1 aromatic heterocycles. The van der Waals surface area contributed by atoms with Gasteiger partial charge in [-0.3, -0.25) is 4.79 Å². The first-order valence-electron chi connectivity index (χ1n) is 5.93. The molecule has 0 atom stereocenters. The van der Waals surface area contributed by atoms with Gasteiger partial charge in [0, 0.05) is 13.0 Å². The second kappa shape index (κ2) is 5.47.